The van der Waals surface area contributed by atoms with E-state index in [1.54, 1.807) is 0 Å². The zero-order chi connectivity index (χ0) is 9.47. The van der Waals surface area contributed by atoms with Crippen LogP contribution in [0.15, 0.2) is 0 Å². The van der Waals surface area contributed by atoms with Gasteiger partial charge in [-0.2, -0.15) is 0 Å². The van der Waals surface area contributed by atoms with Crippen molar-refractivity contribution in [2.45, 2.75) is 37.2 Å². The van der Waals surface area contributed by atoms with Gasteiger partial charge in [-0.3, -0.25) is 0 Å². The van der Waals surface area contributed by atoms with E-state index in [1.807, 2.05) is 0 Å². The lowest BCUT2D eigenvalue weighted by molar-refractivity contribution is -0.176. The van der Waals surface area contributed by atoms with Crippen LogP contribution in [-0.4, -0.2) is 46.9 Å². The van der Waals surface area contributed by atoms with Gasteiger partial charge in [0.2, 0.25) is 0 Å². The highest BCUT2D eigenvalue weighted by molar-refractivity contribution is 9.09. The number of nitrogens with zero attached hydrogens (tertiary/aromatic N) is 1. The monoisotopic (exact) mass is 249 g/mol. The number of halogens is 1. The Bertz CT molecular complexity index is 202. The topological polar surface area (TPSA) is 32.7 Å². The van der Waals surface area contributed by atoms with Gasteiger partial charge in [-0.05, 0) is 26.4 Å². The smallest absolute Gasteiger partial charge is 0.177 e. The van der Waals surface area contributed by atoms with Crippen LogP contribution < -0.4 is 0 Å². The molecule has 0 aromatic rings. The Morgan fingerprint density at radius 1 is 1.69 bits per heavy atom. The van der Waals surface area contributed by atoms with Crippen molar-refractivity contribution < 1.29 is 9.84 Å². The van der Waals surface area contributed by atoms with E-state index >= 15 is 0 Å². The van der Waals surface area contributed by atoms with Crippen LogP contribution in [0.4, 0.5) is 0 Å². The van der Waals surface area contributed by atoms with E-state index in [9.17, 15) is 5.11 Å². The minimum absolute atomic E-state index is 0.237. The minimum atomic E-state index is -0.923. The number of rotatable bonds is 1. The van der Waals surface area contributed by atoms with Gasteiger partial charge in [0.15, 0.2) is 5.79 Å². The largest absolute Gasteiger partial charge is 0.365 e. The van der Waals surface area contributed by atoms with Crippen LogP contribution in [-0.2, 0) is 4.74 Å². The van der Waals surface area contributed by atoms with Crippen molar-refractivity contribution in [2.75, 3.05) is 18.9 Å². The maximum atomic E-state index is 9.95. The van der Waals surface area contributed by atoms with Gasteiger partial charge in [0.05, 0.1) is 11.4 Å². The van der Waals surface area contributed by atoms with Crippen molar-refractivity contribution in [1.82, 2.24) is 4.90 Å². The summed E-state index contributed by atoms with van der Waals surface area (Å²) in [6.07, 6.45) is 3.24. The number of fused-ring (bicyclic) bond motifs is 1. The quantitative estimate of drug-likeness (QED) is 0.703. The molecule has 3 atom stereocenters. The molecule has 2 aliphatic heterocycles. The predicted molar refractivity (Wildman–Crippen MR) is 53.9 cm³/mol. The zero-order valence-corrected chi connectivity index (χ0v) is 9.46. The number of alkyl halides is 1. The van der Waals surface area contributed by atoms with Crippen molar-refractivity contribution in [1.29, 1.82) is 0 Å². The van der Waals surface area contributed by atoms with Crippen molar-refractivity contribution >= 4 is 15.9 Å². The number of likely N-dealkylation sites (N-methyl/N-ethyl adjacent to an activating group) is 1. The highest BCUT2D eigenvalue weighted by Gasteiger charge is 2.47. The molecular weight excluding hydrogens is 234 g/mol. The first-order valence-electron chi connectivity index (χ1n) is 4.81. The Kier molecular flexibility index (Phi) is 2.66. The van der Waals surface area contributed by atoms with Crippen molar-refractivity contribution in [2.24, 2.45) is 0 Å². The molecule has 4 heteroatoms. The Morgan fingerprint density at radius 3 is 3.08 bits per heavy atom. The molecule has 0 amide bonds. The third-order valence-electron chi connectivity index (χ3n) is 3.10. The molecule has 2 fully saturated rings. The third-order valence-corrected chi connectivity index (χ3v) is 3.98. The van der Waals surface area contributed by atoms with Crippen LogP contribution in [0.25, 0.3) is 0 Å². The summed E-state index contributed by atoms with van der Waals surface area (Å²) >= 11 is 3.29. The van der Waals surface area contributed by atoms with Crippen LogP contribution in [0.1, 0.15) is 19.3 Å². The number of hydrogen-bond donors (Lipinski definition) is 1. The maximum Gasteiger partial charge on any atom is 0.177 e. The molecule has 2 aliphatic rings. The van der Waals surface area contributed by atoms with E-state index in [2.05, 4.69) is 27.9 Å². The lowest BCUT2D eigenvalue weighted by atomic mass is 9.98. The molecule has 1 N–H and O–H groups in total. The van der Waals surface area contributed by atoms with Crippen LogP contribution in [0.3, 0.4) is 0 Å². The second-order valence-corrected chi connectivity index (χ2v) is 4.69. The van der Waals surface area contributed by atoms with E-state index < -0.39 is 5.79 Å². The maximum absolute atomic E-state index is 9.95. The van der Waals surface area contributed by atoms with Crippen molar-refractivity contribution in [3.63, 3.8) is 0 Å². The molecule has 0 saturated carbocycles. The molecule has 13 heavy (non-hydrogen) atoms. The summed E-state index contributed by atoms with van der Waals surface area (Å²) < 4.78 is 5.64. The van der Waals surface area contributed by atoms with Crippen molar-refractivity contribution in [3.05, 3.63) is 0 Å². The fraction of sp³-hybridized carbons (Fsp3) is 1.00. The van der Waals surface area contributed by atoms with Gasteiger partial charge in [-0.1, -0.05) is 15.9 Å². The second-order valence-electron chi connectivity index (χ2n) is 4.13. The molecule has 0 radical (unpaired) electrons. The van der Waals surface area contributed by atoms with E-state index in [0.29, 0.717) is 11.4 Å². The number of piperidine rings is 1. The molecule has 0 bridgehead atoms. The zero-order valence-electron chi connectivity index (χ0n) is 7.87. The summed E-state index contributed by atoms with van der Waals surface area (Å²) in [5.41, 5.74) is 0. The number of ether oxygens (including phenoxy) is 1. The molecule has 2 heterocycles. The van der Waals surface area contributed by atoms with Gasteiger partial charge in [0.25, 0.3) is 0 Å². The molecule has 0 aromatic heterocycles. The fourth-order valence-electron chi connectivity index (χ4n) is 2.35. The average molecular weight is 250 g/mol. The first-order chi connectivity index (χ1) is 6.14. The minimum Gasteiger partial charge on any atom is -0.365 e. The van der Waals surface area contributed by atoms with E-state index in [-0.39, 0.29) is 6.10 Å². The lowest BCUT2D eigenvalue weighted by Crippen LogP contribution is -2.42. The molecule has 3 nitrogen and oxygen atoms in total. The summed E-state index contributed by atoms with van der Waals surface area (Å²) in [5.74, 6) is -0.923. The second kappa shape index (κ2) is 3.50. The number of likely N-dealkylation sites (tertiary alicyclic amines) is 1. The molecule has 0 aliphatic carbocycles. The first kappa shape index (κ1) is 9.90. The van der Waals surface area contributed by atoms with Crippen molar-refractivity contribution in [3.8, 4) is 0 Å². The summed E-state index contributed by atoms with van der Waals surface area (Å²) in [6.45, 7) is 1.13. The lowest BCUT2D eigenvalue weighted by Gasteiger charge is -2.32. The van der Waals surface area contributed by atoms with E-state index in [1.165, 1.54) is 6.42 Å². The Labute approximate surface area is 87.2 Å². The number of hydrogen-bond acceptors (Lipinski definition) is 3. The van der Waals surface area contributed by atoms with Crippen LogP contribution >= 0.6 is 15.9 Å². The molecule has 2 rings (SSSR count). The van der Waals surface area contributed by atoms with E-state index in [4.69, 9.17) is 4.74 Å². The first-order valence-corrected chi connectivity index (χ1v) is 5.93. The van der Waals surface area contributed by atoms with Crippen LogP contribution in [0, 0.1) is 0 Å². The third kappa shape index (κ3) is 1.77. The van der Waals surface area contributed by atoms with Gasteiger partial charge in [-0.15, -0.1) is 0 Å². The number of aliphatic hydroxyl groups is 1. The Hall–Kier alpha value is 0.360. The summed E-state index contributed by atoms with van der Waals surface area (Å²) in [7, 11) is 2.11. The summed E-state index contributed by atoms with van der Waals surface area (Å²) in [4.78, 5) is 2.30. The molecular formula is C9H16BrNO2. The van der Waals surface area contributed by atoms with Gasteiger partial charge >= 0.3 is 0 Å². The highest BCUT2D eigenvalue weighted by Crippen LogP contribution is 2.36. The summed E-state index contributed by atoms with van der Waals surface area (Å²) in [5, 5.41) is 10.5. The average Bonchev–Trinajstić information content (AvgIpc) is 2.45. The standard InChI is InChI=1S/C9H16BrNO2/c1-11-4-2-3-8-7(11)5-9(12,6-10)13-8/h7-8,12H,2-6H2,1H3/t7-,8+,9?/m1/s1. The molecule has 0 aromatic carbocycles. The SMILES string of the molecule is CN1CCC[C@@H]2OC(O)(CBr)C[C@H]21. The molecule has 0 spiro atoms. The molecule has 76 valence electrons. The molecule has 1 unspecified atom stereocenters. The van der Waals surface area contributed by atoms with Gasteiger partial charge in [0.1, 0.15) is 0 Å². The highest BCUT2D eigenvalue weighted by atomic mass is 79.9. The van der Waals surface area contributed by atoms with E-state index in [0.717, 1.165) is 19.4 Å². The van der Waals surface area contributed by atoms with Crippen LogP contribution in [0.5, 0.6) is 0 Å². The molecule has 2 saturated heterocycles. The fourth-order valence-corrected chi connectivity index (χ4v) is 2.71. The Balaban J connectivity index is 2.08. The van der Waals surface area contributed by atoms with Gasteiger partial charge in [0, 0.05) is 12.5 Å². The van der Waals surface area contributed by atoms with Gasteiger partial charge < -0.3 is 14.7 Å². The van der Waals surface area contributed by atoms with Gasteiger partial charge in [-0.25, -0.2) is 0 Å². The van der Waals surface area contributed by atoms with Crippen LogP contribution in [0.2, 0.25) is 0 Å². The Morgan fingerprint density at radius 2 is 2.46 bits per heavy atom. The predicted octanol–water partition coefficient (Wildman–Crippen LogP) is 0.953. The summed E-state index contributed by atoms with van der Waals surface area (Å²) in [6, 6.07) is 0.413. The normalized spacial score (nSPS) is 46.4.